The van der Waals surface area contributed by atoms with E-state index in [1.165, 1.54) is 46.5 Å². The van der Waals surface area contributed by atoms with Gasteiger partial charge in [-0.15, -0.1) is 0 Å². The number of ketones is 1. The van der Waals surface area contributed by atoms with Crippen molar-refractivity contribution in [3.05, 3.63) is 74.8 Å². The summed E-state index contributed by atoms with van der Waals surface area (Å²) in [5.41, 5.74) is 1.48. The molecule has 1 heterocycles. The van der Waals surface area contributed by atoms with Crippen LogP contribution in [0.2, 0.25) is 10.0 Å². The molecular weight excluding hydrogens is 561 g/mol. The number of benzene rings is 3. The lowest BCUT2D eigenvalue weighted by molar-refractivity contribution is -0.132. The van der Waals surface area contributed by atoms with Gasteiger partial charge in [-0.25, -0.2) is 0 Å². The maximum absolute atomic E-state index is 13.7. The monoisotopic (exact) mass is 587 g/mol. The van der Waals surface area contributed by atoms with Crippen LogP contribution >= 0.6 is 23.2 Å². The Bertz CT molecular complexity index is 1510. The molecule has 4 rings (SSSR count). The molecule has 1 fully saturated rings. The van der Waals surface area contributed by atoms with E-state index in [0.29, 0.717) is 28.5 Å². The highest BCUT2D eigenvalue weighted by molar-refractivity contribution is 6.52. The third kappa shape index (κ3) is 4.76. The zero-order valence-corrected chi connectivity index (χ0v) is 24.1. The second-order valence-electron chi connectivity index (χ2n) is 8.75. The maximum Gasteiger partial charge on any atom is 0.300 e. The van der Waals surface area contributed by atoms with Gasteiger partial charge >= 0.3 is 0 Å². The predicted octanol–water partition coefficient (Wildman–Crippen LogP) is 5.97. The second kappa shape index (κ2) is 11.6. The van der Waals surface area contributed by atoms with Crippen molar-refractivity contribution in [2.24, 2.45) is 0 Å². The molecule has 40 heavy (non-hydrogen) atoms. The molecule has 1 unspecified atom stereocenters. The Labute approximate surface area is 241 Å². The van der Waals surface area contributed by atoms with E-state index >= 15 is 0 Å². The SMILES string of the molecule is COc1cc(C2/C(=C(\O)c3cc(Cl)c(OC)c(Cl)c3OC)C(=O)C(=O)N2c2cccc(C)c2)cc(OC)c1OC. The van der Waals surface area contributed by atoms with Gasteiger partial charge in [0, 0.05) is 5.69 Å². The van der Waals surface area contributed by atoms with E-state index in [1.807, 2.05) is 13.0 Å². The summed E-state index contributed by atoms with van der Waals surface area (Å²) >= 11 is 12.8. The van der Waals surface area contributed by atoms with Crippen LogP contribution in [0, 0.1) is 6.92 Å². The van der Waals surface area contributed by atoms with Gasteiger partial charge in [0.25, 0.3) is 11.7 Å². The molecule has 9 nitrogen and oxygen atoms in total. The fourth-order valence-corrected chi connectivity index (χ4v) is 5.43. The minimum atomic E-state index is -1.11. The average Bonchev–Trinajstić information content (AvgIpc) is 3.21. The third-order valence-electron chi connectivity index (χ3n) is 6.52. The van der Waals surface area contributed by atoms with E-state index in [2.05, 4.69) is 0 Å². The van der Waals surface area contributed by atoms with Crippen molar-refractivity contribution in [3.63, 3.8) is 0 Å². The summed E-state index contributed by atoms with van der Waals surface area (Å²) in [4.78, 5) is 28.6. The normalized spacial score (nSPS) is 16.2. The molecule has 1 aliphatic heterocycles. The van der Waals surface area contributed by atoms with Crippen molar-refractivity contribution in [2.75, 3.05) is 40.4 Å². The number of ether oxygens (including phenoxy) is 5. The highest BCUT2D eigenvalue weighted by atomic mass is 35.5. The molecule has 0 aliphatic carbocycles. The summed E-state index contributed by atoms with van der Waals surface area (Å²) in [6, 6.07) is 10.6. The van der Waals surface area contributed by atoms with Crippen LogP contribution in [0.3, 0.4) is 0 Å². The van der Waals surface area contributed by atoms with Crippen LogP contribution in [0.5, 0.6) is 28.7 Å². The zero-order chi connectivity index (χ0) is 29.3. The molecule has 0 bridgehead atoms. The topological polar surface area (TPSA) is 104 Å². The van der Waals surface area contributed by atoms with Crippen LogP contribution in [0.4, 0.5) is 5.69 Å². The fourth-order valence-electron chi connectivity index (χ4n) is 4.74. The largest absolute Gasteiger partial charge is 0.507 e. The second-order valence-corrected chi connectivity index (χ2v) is 9.54. The lowest BCUT2D eigenvalue weighted by Gasteiger charge is -2.27. The molecule has 11 heteroatoms. The van der Waals surface area contributed by atoms with Crippen molar-refractivity contribution < 1.29 is 38.4 Å². The van der Waals surface area contributed by atoms with Crippen molar-refractivity contribution in [1.29, 1.82) is 0 Å². The first-order chi connectivity index (χ1) is 19.1. The molecule has 1 amide bonds. The molecule has 1 N–H and O–H groups in total. The molecular formula is C29H27Cl2NO8. The first-order valence-corrected chi connectivity index (χ1v) is 12.7. The van der Waals surface area contributed by atoms with Gasteiger partial charge in [0.1, 0.15) is 10.8 Å². The predicted molar refractivity (Wildman–Crippen MR) is 152 cm³/mol. The highest BCUT2D eigenvalue weighted by Crippen LogP contribution is 2.50. The summed E-state index contributed by atoms with van der Waals surface area (Å²) in [5.74, 6) is -1.30. The molecule has 3 aromatic rings. The van der Waals surface area contributed by atoms with Crippen LogP contribution < -0.4 is 28.6 Å². The highest BCUT2D eigenvalue weighted by Gasteiger charge is 2.48. The Morgan fingerprint density at radius 2 is 1.43 bits per heavy atom. The number of aliphatic hydroxyl groups excluding tert-OH is 1. The van der Waals surface area contributed by atoms with Gasteiger partial charge in [0.15, 0.2) is 23.0 Å². The quantitative estimate of drug-likeness (QED) is 0.195. The number of nitrogens with zero attached hydrogens (tertiary/aromatic N) is 1. The molecule has 0 aromatic heterocycles. The van der Waals surface area contributed by atoms with Crippen molar-refractivity contribution >= 4 is 46.3 Å². The lowest BCUT2D eigenvalue weighted by Crippen LogP contribution is -2.29. The molecule has 1 saturated heterocycles. The van der Waals surface area contributed by atoms with Gasteiger partial charge in [-0.3, -0.25) is 14.5 Å². The van der Waals surface area contributed by atoms with Gasteiger partial charge in [0.2, 0.25) is 5.75 Å². The summed E-state index contributed by atoms with van der Waals surface area (Å²) in [6.45, 7) is 1.86. The molecule has 210 valence electrons. The smallest absolute Gasteiger partial charge is 0.300 e. The number of carbonyl (C=O) groups excluding carboxylic acids is 2. The summed E-state index contributed by atoms with van der Waals surface area (Å²) < 4.78 is 27.2. The number of anilines is 1. The van der Waals surface area contributed by atoms with E-state index in [4.69, 9.17) is 46.9 Å². The van der Waals surface area contributed by atoms with E-state index in [-0.39, 0.29) is 32.7 Å². The number of rotatable bonds is 8. The molecule has 1 aliphatic rings. The number of methoxy groups -OCH3 is 5. The Balaban J connectivity index is 2.09. The van der Waals surface area contributed by atoms with Gasteiger partial charge < -0.3 is 28.8 Å². The van der Waals surface area contributed by atoms with Crippen molar-refractivity contribution in [3.8, 4) is 28.7 Å². The Morgan fingerprint density at radius 1 is 0.825 bits per heavy atom. The standard InChI is InChI=1S/C29H27Cl2NO8/c1-14-8-7-9-16(10-14)32-23(15-11-19(36-2)28(40-6)20(12-15)37-3)21(25(34)29(32)35)24(33)17-13-18(30)27(39-5)22(31)26(17)38-4/h7-13,23,33H,1-6H3/b24-21+. The van der Waals surface area contributed by atoms with Gasteiger partial charge in [-0.2, -0.15) is 0 Å². The van der Waals surface area contributed by atoms with E-state index < -0.39 is 23.5 Å². The number of hydrogen-bond acceptors (Lipinski definition) is 8. The minimum absolute atomic E-state index is 0.00187. The van der Waals surface area contributed by atoms with Crippen molar-refractivity contribution in [1.82, 2.24) is 0 Å². The number of hydrogen-bond donors (Lipinski definition) is 1. The zero-order valence-electron chi connectivity index (χ0n) is 22.6. The summed E-state index contributed by atoms with van der Waals surface area (Å²) in [5, 5.41) is 11.7. The molecule has 1 atom stereocenters. The van der Waals surface area contributed by atoms with Gasteiger partial charge in [-0.05, 0) is 48.4 Å². The first-order valence-electron chi connectivity index (χ1n) is 11.9. The number of aliphatic hydroxyl groups is 1. The Kier molecular flexibility index (Phi) is 8.37. The average molecular weight is 588 g/mol. The summed E-state index contributed by atoms with van der Waals surface area (Å²) in [7, 11) is 7.08. The van der Waals surface area contributed by atoms with E-state index in [1.54, 1.807) is 30.3 Å². The minimum Gasteiger partial charge on any atom is -0.507 e. The Morgan fingerprint density at radius 3 is 1.95 bits per heavy atom. The Hall–Kier alpha value is -4.08. The van der Waals surface area contributed by atoms with E-state index in [0.717, 1.165) is 5.56 Å². The molecule has 0 spiro atoms. The first kappa shape index (κ1) is 28.9. The number of amides is 1. The van der Waals surface area contributed by atoms with Crippen LogP contribution in [0.1, 0.15) is 22.7 Å². The van der Waals surface area contributed by atoms with Crippen molar-refractivity contribution in [2.45, 2.75) is 13.0 Å². The maximum atomic E-state index is 13.7. The van der Waals surface area contributed by atoms with Gasteiger partial charge in [0.05, 0.1) is 57.8 Å². The molecule has 3 aromatic carbocycles. The molecule has 0 saturated carbocycles. The van der Waals surface area contributed by atoms with Crippen LogP contribution in [0.25, 0.3) is 5.76 Å². The third-order valence-corrected chi connectivity index (χ3v) is 7.15. The number of halogens is 2. The fraction of sp³-hybridized carbons (Fsp3) is 0.241. The van der Waals surface area contributed by atoms with Crippen LogP contribution in [-0.2, 0) is 9.59 Å². The number of Topliss-reactive ketones (excluding diaryl/α,β-unsaturated/α-hetero) is 1. The van der Waals surface area contributed by atoms with Crippen LogP contribution in [-0.4, -0.2) is 52.3 Å². The van der Waals surface area contributed by atoms with Gasteiger partial charge in [-0.1, -0.05) is 35.3 Å². The molecule has 0 radical (unpaired) electrons. The lowest BCUT2D eigenvalue weighted by atomic mass is 9.94. The summed E-state index contributed by atoms with van der Waals surface area (Å²) in [6.07, 6.45) is 0. The number of aryl methyl sites for hydroxylation is 1. The van der Waals surface area contributed by atoms with E-state index in [9.17, 15) is 14.7 Å². The van der Waals surface area contributed by atoms with Crippen LogP contribution in [0.15, 0.2) is 48.0 Å². The number of carbonyl (C=O) groups is 2.